The van der Waals surface area contributed by atoms with Crippen molar-refractivity contribution in [1.82, 2.24) is 0 Å². The Morgan fingerprint density at radius 3 is 2.50 bits per heavy atom. The highest BCUT2D eigenvalue weighted by atomic mass is 19.1. The number of esters is 2. The zero-order valence-electron chi connectivity index (χ0n) is 14.8. The minimum absolute atomic E-state index is 0.0575. The number of hydrogen-bond acceptors (Lipinski definition) is 6. The normalized spacial score (nSPS) is 19.4. The number of aliphatic imine (C=N–C) groups is 1. The summed E-state index contributed by atoms with van der Waals surface area (Å²) in [6.07, 6.45) is 0.0575. The van der Waals surface area contributed by atoms with Crippen molar-refractivity contribution in [1.29, 1.82) is 5.26 Å². The Kier molecular flexibility index (Phi) is 6.23. The molecular weight excluding hydrogens is 339 g/mol. The van der Waals surface area contributed by atoms with Gasteiger partial charge in [0.25, 0.3) is 0 Å². The summed E-state index contributed by atoms with van der Waals surface area (Å²) in [4.78, 5) is 29.3. The molecule has 0 radical (unpaired) electrons. The van der Waals surface area contributed by atoms with Gasteiger partial charge in [-0.15, -0.1) is 0 Å². The molecule has 7 heteroatoms. The molecule has 0 spiro atoms. The second kappa shape index (κ2) is 8.39. The summed E-state index contributed by atoms with van der Waals surface area (Å²) >= 11 is 0. The quantitative estimate of drug-likeness (QED) is 0.596. The Morgan fingerprint density at radius 1 is 1.27 bits per heavy atom. The molecule has 1 aliphatic rings. The van der Waals surface area contributed by atoms with Crippen LogP contribution < -0.4 is 0 Å². The van der Waals surface area contributed by atoms with E-state index in [0.29, 0.717) is 17.0 Å². The molecule has 0 aromatic heterocycles. The molecule has 136 valence electrons. The Bertz CT molecular complexity index is 806. The van der Waals surface area contributed by atoms with Crippen molar-refractivity contribution in [3.63, 3.8) is 0 Å². The molecule has 1 aromatic carbocycles. The molecule has 1 aromatic rings. The summed E-state index contributed by atoms with van der Waals surface area (Å²) in [6.45, 7) is 3.27. The molecule has 1 aliphatic heterocycles. The number of benzene rings is 1. The Hall–Kier alpha value is -3.01. The van der Waals surface area contributed by atoms with Crippen LogP contribution >= 0.6 is 0 Å². The highest BCUT2D eigenvalue weighted by molar-refractivity contribution is 6.06. The van der Waals surface area contributed by atoms with Gasteiger partial charge in [-0.2, -0.15) is 5.26 Å². The Balaban J connectivity index is 2.53. The minimum atomic E-state index is -0.826. The van der Waals surface area contributed by atoms with Crippen LogP contribution in [0.2, 0.25) is 0 Å². The topological polar surface area (TPSA) is 88.8 Å². The number of hydrogen-bond donors (Lipinski definition) is 0. The molecule has 1 heterocycles. The van der Waals surface area contributed by atoms with E-state index in [1.54, 1.807) is 13.8 Å². The monoisotopic (exact) mass is 358 g/mol. The van der Waals surface area contributed by atoms with Crippen LogP contribution in [0.15, 0.2) is 40.5 Å². The maximum absolute atomic E-state index is 13.3. The van der Waals surface area contributed by atoms with Crippen LogP contribution in [0.1, 0.15) is 31.7 Å². The number of halogens is 1. The van der Waals surface area contributed by atoms with Crippen LogP contribution in [-0.2, 0) is 19.1 Å². The molecule has 6 nitrogen and oxygen atoms in total. The maximum Gasteiger partial charge on any atom is 0.336 e. The second-order valence-electron chi connectivity index (χ2n) is 5.83. The first kappa shape index (κ1) is 19.3. The van der Waals surface area contributed by atoms with Gasteiger partial charge in [-0.05, 0) is 31.5 Å². The smallest absolute Gasteiger partial charge is 0.336 e. The third kappa shape index (κ3) is 3.97. The summed E-state index contributed by atoms with van der Waals surface area (Å²) in [6, 6.07) is 7.45. The predicted molar refractivity (Wildman–Crippen MR) is 91.6 cm³/mol. The largest absolute Gasteiger partial charge is 0.468 e. The fourth-order valence-electron chi connectivity index (χ4n) is 3.03. The second-order valence-corrected chi connectivity index (χ2v) is 5.83. The average Bonchev–Trinajstić information content (AvgIpc) is 2.61. The first-order chi connectivity index (χ1) is 12.4. The molecule has 0 saturated carbocycles. The summed E-state index contributed by atoms with van der Waals surface area (Å²) in [5.74, 6) is -3.17. The van der Waals surface area contributed by atoms with Crippen LogP contribution in [0.5, 0.6) is 0 Å². The van der Waals surface area contributed by atoms with Gasteiger partial charge in [0, 0.05) is 17.3 Å². The van der Waals surface area contributed by atoms with Crippen molar-refractivity contribution in [2.75, 3.05) is 13.7 Å². The van der Waals surface area contributed by atoms with E-state index in [1.165, 1.54) is 31.4 Å². The number of nitriles is 1. The number of rotatable bonds is 5. The van der Waals surface area contributed by atoms with Crippen molar-refractivity contribution >= 4 is 17.7 Å². The number of allylic oxidation sites excluding steroid dienone is 1. The number of carbonyl (C=O) groups excluding carboxylic acids is 2. The molecule has 26 heavy (non-hydrogen) atoms. The number of ether oxygens (including phenoxy) is 2. The van der Waals surface area contributed by atoms with Gasteiger partial charge >= 0.3 is 11.9 Å². The molecule has 2 unspecified atom stereocenters. The molecule has 0 fully saturated rings. The lowest BCUT2D eigenvalue weighted by Gasteiger charge is -2.31. The summed E-state index contributed by atoms with van der Waals surface area (Å²) in [5.41, 5.74) is 1.69. The average molecular weight is 358 g/mol. The fourth-order valence-corrected chi connectivity index (χ4v) is 3.03. The van der Waals surface area contributed by atoms with Crippen LogP contribution in [0.4, 0.5) is 4.39 Å². The van der Waals surface area contributed by atoms with E-state index in [1.807, 2.05) is 6.07 Å². The Labute approximate surface area is 150 Å². The molecule has 0 aliphatic carbocycles. The van der Waals surface area contributed by atoms with E-state index in [-0.39, 0.29) is 18.6 Å². The standard InChI is InChI=1S/C19H19FN2O4/c1-11-15(18(23)25-3)17(13-5-7-14(20)8-6-13)16(12(2)22-11)19(24)26-10-4-9-21/h5-8,15,17H,4,10H2,1-3H3. The van der Waals surface area contributed by atoms with Crippen LogP contribution in [-0.4, -0.2) is 31.4 Å². The van der Waals surface area contributed by atoms with Crippen molar-refractivity contribution < 1.29 is 23.5 Å². The van der Waals surface area contributed by atoms with Crippen LogP contribution in [0.3, 0.4) is 0 Å². The molecule has 2 rings (SSSR count). The van der Waals surface area contributed by atoms with Crippen molar-refractivity contribution in [2.45, 2.75) is 26.2 Å². The van der Waals surface area contributed by atoms with E-state index < -0.39 is 29.6 Å². The molecule has 0 saturated heterocycles. The van der Waals surface area contributed by atoms with Crippen LogP contribution in [0, 0.1) is 23.1 Å². The molecule has 0 N–H and O–H groups in total. The molecular formula is C19H19FN2O4. The van der Waals surface area contributed by atoms with E-state index in [2.05, 4.69) is 4.99 Å². The number of nitrogens with zero attached hydrogens (tertiary/aromatic N) is 2. The van der Waals surface area contributed by atoms with Gasteiger partial charge in [0.05, 0.1) is 25.2 Å². The lowest BCUT2D eigenvalue weighted by molar-refractivity contribution is -0.144. The van der Waals surface area contributed by atoms with E-state index in [9.17, 15) is 14.0 Å². The highest BCUT2D eigenvalue weighted by Gasteiger charge is 2.42. The first-order valence-corrected chi connectivity index (χ1v) is 8.04. The molecule has 2 atom stereocenters. The van der Waals surface area contributed by atoms with E-state index in [0.717, 1.165) is 0 Å². The third-order valence-electron chi connectivity index (χ3n) is 4.18. The van der Waals surface area contributed by atoms with Gasteiger partial charge < -0.3 is 9.47 Å². The van der Waals surface area contributed by atoms with Gasteiger partial charge in [-0.25, -0.2) is 9.18 Å². The van der Waals surface area contributed by atoms with Crippen molar-refractivity contribution in [3.05, 3.63) is 46.9 Å². The predicted octanol–water partition coefficient (Wildman–Crippen LogP) is 2.90. The van der Waals surface area contributed by atoms with Gasteiger partial charge in [0.15, 0.2) is 0 Å². The van der Waals surface area contributed by atoms with Crippen molar-refractivity contribution in [3.8, 4) is 6.07 Å². The van der Waals surface area contributed by atoms with Gasteiger partial charge in [0.2, 0.25) is 0 Å². The molecule has 0 bridgehead atoms. The summed E-state index contributed by atoms with van der Waals surface area (Å²) in [7, 11) is 1.26. The third-order valence-corrected chi connectivity index (χ3v) is 4.18. The van der Waals surface area contributed by atoms with E-state index >= 15 is 0 Å². The van der Waals surface area contributed by atoms with Gasteiger partial charge in [0.1, 0.15) is 18.3 Å². The van der Waals surface area contributed by atoms with E-state index in [4.69, 9.17) is 14.7 Å². The van der Waals surface area contributed by atoms with Gasteiger partial charge in [-0.1, -0.05) is 12.1 Å². The minimum Gasteiger partial charge on any atom is -0.468 e. The van der Waals surface area contributed by atoms with Crippen molar-refractivity contribution in [2.24, 2.45) is 10.9 Å². The number of methoxy groups -OCH3 is 1. The Morgan fingerprint density at radius 2 is 1.92 bits per heavy atom. The first-order valence-electron chi connectivity index (χ1n) is 8.04. The summed E-state index contributed by atoms with van der Waals surface area (Å²) in [5, 5.41) is 8.61. The number of carbonyl (C=O) groups is 2. The molecule has 0 amide bonds. The maximum atomic E-state index is 13.3. The van der Waals surface area contributed by atoms with Gasteiger partial charge in [-0.3, -0.25) is 9.79 Å². The highest BCUT2D eigenvalue weighted by Crippen LogP contribution is 2.40. The zero-order valence-corrected chi connectivity index (χ0v) is 14.8. The fraction of sp³-hybridized carbons (Fsp3) is 0.368. The van der Waals surface area contributed by atoms with Crippen LogP contribution in [0.25, 0.3) is 0 Å². The summed E-state index contributed by atoms with van der Waals surface area (Å²) < 4.78 is 23.4. The zero-order chi connectivity index (χ0) is 19.3. The lowest BCUT2D eigenvalue weighted by Crippen LogP contribution is -2.36. The lowest BCUT2D eigenvalue weighted by atomic mass is 9.75. The SMILES string of the molecule is COC(=O)C1C(C)=NC(C)=C(C(=O)OCCC#N)C1c1ccc(F)cc1.